The quantitative estimate of drug-likeness (QED) is 0.594. The second kappa shape index (κ2) is 4.10. The molecular formula is C10H16S2. The van der Waals surface area contributed by atoms with Crippen LogP contribution in [0.4, 0.5) is 0 Å². The zero-order valence-electron chi connectivity index (χ0n) is 7.58. The van der Waals surface area contributed by atoms with Crippen LogP contribution < -0.4 is 0 Å². The first-order chi connectivity index (χ1) is 5.86. The molecule has 1 unspecified atom stereocenters. The Balaban J connectivity index is 1.85. The van der Waals surface area contributed by atoms with Gasteiger partial charge in [-0.25, -0.2) is 0 Å². The second-order valence-corrected chi connectivity index (χ2v) is 6.51. The molecule has 0 aromatic heterocycles. The molecule has 1 fully saturated rings. The van der Waals surface area contributed by atoms with E-state index in [1.165, 1.54) is 30.8 Å². The highest BCUT2D eigenvalue weighted by molar-refractivity contribution is 8.17. The lowest BCUT2D eigenvalue weighted by molar-refractivity contribution is 0.614. The van der Waals surface area contributed by atoms with Gasteiger partial charge in [0.2, 0.25) is 0 Å². The maximum atomic E-state index is 2.43. The molecule has 1 atom stereocenters. The van der Waals surface area contributed by atoms with Crippen LogP contribution >= 0.6 is 23.5 Å². The van der Waals surface area contributed by atoms with Gasteiger partial charge in [-0.05, 0) is 43.6 Å². The van der Waals surface area contributed by atoms with Crippen LogP contribution in [0.15, 0.2) is 11.6 Å². The lowest BCUT2D eigenvalue weighted by atomic mass is 10.1. The third kappa shape index (κ3) is 2.02. The fraction of sp³-hybridized carbons (Fsp3) is 0.800. The van der Waals surface area contributed by atoms with Crippen molar-refractivity contribution in [2.24, 2.45) is 5.92 Å². The van der Waals surface area contributed by atoms with Crippen LogP contribution in [-0.2, 0) is 0 Å². The summed E-state index contributed by atoms with van der Waals surface area (Å²) >= 11 is 4.38. The molecule has 68 valence electrons. The normalized spacial score (nSPS) is 32.1. The summed E-state index contributed by atoms with van der Waals surface area (Å²) in [7, 11) is 0. The van der Waals surface area contributed by atoms with Crippen LogP contribution in [0.25, 0.3) is 0 Å². The zero-order chi connectivity index (χ0) is 8.39. The van der Waals surface area contributed by atoms with E-state index in [-0.39, 0.29) is 0 Å². The monoisotopic (exact) mass is 200 g/mol. The molecule has 1 aliphatic heterocycles. The van der Waals surface area contributed by atoms with E-state index in [0.717, 1.165) is 10.5 Å². The molecule has 1 saturated heterocycles. The second-order valence-electron chi connectivity index (χ2n) is 3.71. The molecule has 2 rings (SSSR count). The highest BCUT2D eigenvalue weighted by Crippen LogP contribution is 2.42. The van der Waals surface area contributed by atoms with Gasteiger partial charge in [-0.3, -0.25) is 0 Å². The Labute approximate surface area is 83.6 Å². The third-order valence-corrected chi connectivity index (χ3v) is 5.88. The molecule has 1 aliphatic carbocycles. The molecule has 0 aromatic carbocycles. The van der Waals surface area contributed by atoms with Gasteiger partial charge in [0.25, 0.3) is 0 Å². The van der Waals surface area contributed by atoms with Gasteiger partial charge < -0.3 is 0 Å². The molecule has 0 bridgehead atoms. The van der Waals surface area contributed by atoms with E-state index in [2.05, 4.69) is 36.5 Å². The number of hydrogen-bond acceptors (Lipinski definition) is 2. The summed E-state index contributed by atoms with van der Waals surface area (Å²) < 4.78 is 0.910. The van der Waals surface area contributed by atoms with Crippen LogP contribution in [0.3, 0.4) is 0 Å². The molecule has 0 radical (unpaired) electrons. The predicted octanol–water partition coefficient (Wildman–Crippen LogP) is 3.54. The van der Waals surface area contributed by atoms with Crippen LogP contribution in [0.5, 0.6) is 0 Å². The van der Waals surface area contributed by atoms with E-state index in [1.54, 1.807) is 5.57 Å². The molecule has 12 heavy (non-hydrogen) atoms. The highest BCUT2D eigenvalue weighted by Gasteiger charge is 2.26. The number of thioether (sulfide) groups is 2. The van der Waals surface area contributed by atoms with E-state index < -0.39 is 0 Å². The summed E-state index contributed by atoms with van der Waals surface area (Å²) in [5, 5.41) is 0. The van der Waals surface area contributed by atoms with Gasteiger partial charge in [0.1, 0.15) is 0 Å². The van der Waals surface area contributed by atoms with Crippen molar-refractivity contribution in [2.45, 2.75) is 30.8 Å². The van der Waals surface area contributed by atoms with E-state index in [1.807, 2.05) is 0 Å². The summed E-state index contributed by atoms with van der Waals surface area (Å²) in [5.74, 6) is 3.75. The molecule has 2 aliphatic rings. The fourth-order valence-corrected chi connectivity index (χ4v) is 5.11. The fourth-order valence-electron chi connectivity index (χ4n) is 1.92. The Morgan fingerprint density at radius 3 is 2.67 bits per heavy atom. The first-order valence-corrected chi connectivity index (χ1v) is 6.85. The van der Waals surface area contributed by atoms with Gasteiger partial charge in [0, 0.05) is 0 Å². The average Bonchev–Trinajstić information content (AvgIpc) is 2.54. The van der Waals surface area contributed by atoms with Gasteiger partial charge >= 0.3 is 0 Å². The standard InChI is InChI=1S/C10H16S2/c1-8-3-4-9(7-8)10-11-5-2-6-12-10/h3,9-10H,2,4-7H2,1H3. The average molecular weight is 200 g/mol. The first-order valence-electron chi connectivity index (χ1n) is 4.75. The topological polar surface area (TPSA) is 0 Å². The van der Waals surface area contributed by atoms with Crippen molar-refractivity contribution < 1.29 is 0 Å². The Morgan fingerprint density at radius 1 is 1.33 bits per heavy atom. The Morgan fingerprint density at radius 2 is 2.08 bits per heavy atom. The predicted molar refractivity (Wildman–Crippen MR) is 59.8 cm³/mol. The first kappa shape index (κ1) is 9.01. The van der Waals surface area contributed by atoms with Crippen molar-refractivity contribution >= 4 is 23.5 Å². The minimum atomic E-state index is 0.910. The minimum Gasteiger partial charge on any atom is -0.147 e. The maximum absolute atomic E-state index is 2.43. The molecule has 1 heterocycles. The summed E-state index contributed by atoms with van der Waals surface area (Å²) in [6.07, 6.45) is 6.56. The van der Waals surface area contributed by atoms with Crippen molar-refractivity contribution in [1.29, 1.82) is 0 Å². The Hall–Kier alpha value is 0.440. The molecular weight excluding hydrogens is 184 g/mol. The van der Waals surface area contributed by atoms with E-state index in [0.29, 0.717) is 0 Å². The lowest BCUT2D eigenvalue weighted by Gasteiger charge is -2.26. The highest BCUT2D eigenvalue weighted by atomic mass is 32.2. The van der Waals surface area contributed by atoms with Gasteiger partial charge in [0.15, 0.2) is 0 Å². The van der Waals surface area contributed by atoms with Gasteiger partial charge in [-0.15, -0.1) is 23.5 Å². The lowest BCUT2D eigenvalue weighted by Crippen LogP contribution is -2.16. The van der Waals surface area contributed by atoms with Crippen molar-refractivity contribution in [3.63, 3.8) is 0 Å². The Bertz CT molecular complexity index is 180. The van der Waals surface area contributed by atoms with Crippen molar-refractivity contribution in [3.8, 4) is 0 Å². The molecule has 0 spiro atoms. The molecule has 0 nitrogen and oxygen atoms in total. The van der Waals surface area contributed by atoms with Crippen LogP contribution in [0, 0.1) is 5.92 Å². The van der Waals surface area contributed by atoms with Crippen LogP contribution in [0.2, 0.25) is 0 Å². The van der Waals surface area contributed by atoms with Crippen LogP contribution in [-0.4, -0.2) is 16.1 Å². The molecule has 0 amide bonds. The van der Waals surface area contributed by atoms with Gasteiger partial charge in [0.05, 0.1) is 4.58 Å². The van der Waals surface area contributed by atoms with Crippen molar-refractivity contribution in [1.82, 2.24) is 0 Å². The van der Waals surface area contributed by atoms with E-state index in [4.69, 9.17) is 0 Å². The number of hydrogen-bond donors (Lipinski definition) is 0. The largest absolute Gasteiger partial charge is 0.147 e. The number of rotatable bonds is 1. The van der Waals surface area contributed by atoms with Gasteiger partial charge in [-0.2, -0.15) is 0 Å². The molecule has 2 heteroatoms. The summed E-state index contributed by atoms with van der Waals surface area (Å²) in [5.41, 5.74) is 1.62. The third-order valence-electron chi connectivity index (χ3n) is 2.59. The SMILES string of the molecule is CC1=CCC(C2SCCCS2)C1. The van der Waals surface area contributed by atoms with Gasteiger partial charge in [-0.1, -0.05) is 11.6 Å². The smallest absolute Gasteiger partial charge is 0.0536 e. The summed E-state index contributed by atoms with van der Waals surface area (Å²) in [6, 6.07) is 0. The van der Waals surface area contributed by atoms with Crippen molar-refractivity contribution in [3.05, 3.63) is 11.6 Å². The van der Waals surface area contributed by atoms with Crippen molar-refractivity contribution in [2.75, 3.05) is 11.5 Å². The van der Waals surface area contributed by atoms with E-state index in [9.17, 15) is 0 Å². The Kier molecular flexibility index (Phi) is 3.08. The zero-order valence-corrected chi connectivity index (χ0v) is 9.22. The molecule has 0 N–H and O–H groups in total. The number of allylic oxidation sites excluding steroid dienone is 2. The summed E-state index contributed by atoms with van der Waals surface area (Å²) in [6.45, 7) is 2.28. The van der Waals surface area contributed by atoms with E-state index >= 15 is 0 Å². The minimum absolute atomic E-state index is 0.910. The molecule has 0 saturated carbocycles. The maximum Gasteiger partial charge on any atom is 0.0536 e. The molecule has 0 aromatic rings. The summed E-state index contributed by atoms with van der Waals surface area (Å²) in [4.78, 5) is 0. The van der Waals surface area contributed by atoms with Crippen LogP contribution in [0.1, 0.15) is 26.2 Å².